The maximum absolute atomic E-state index is 13.1. The lowest BCUT2D eigenvalue weighted by Gasteiger charge is -2.17. The van der Waals surface area contributed by atoms with Crippen molar-refractivity contribution in [1.29, 1.82) is 0 Å². The number of ether oxygens (including phenoxy) is 1. The Balaban J connectivity index is 1.27. The summed E-state index contributed by atoms with van der Waals surface area (Å²) in [7, 11) is 0. The Labute approximate surface area is 199 Å². The first-order valence-corrected chi connectivity index (χ1v) is 11.0. The van der Waals surface area contributed by atoms with Crippen LogP contribution < -0.4 is 5.32 Å². The van der Waals surface area contributed by atoms with Crippen LogP contribution in [-0.2, 0) is 14.3 Å². The van der Waals surface area contributed by atoms with Crippen LogP contribution in [0.1, 0.15) is 17.0 Å². The highest BCUT2D eigenvalue weighted by atomic mass is 19.4. The Morgan fingerprint density at radius 2 is 1.63 bits per heavy atom. The van der Waals surface area contributed by atoms with Gasteiger partial charge in [0.05, 0.1) is 11.8 Å². The number of nitrogens with one attached hydrogen (secondary N) is 1. The quantitative estimate of drug-likeness (QED) is 0.603. The molecule has 1 heterocycles. The molecule has 184 valence electrons. The van der Waals surface area contributed by atoms with E-state index in [0.717, 1.165) is 33.2 Å². The smallest absolute Gasteiger partial charge is 0.407 e. The number of alkyl halides is 3. The first-order valence-electron chi connectivity index (χ1n) is 11.0. The van der Waals surface area contributed by atoms with Gasteiger partial charge in [0.1, 0.15) is 6.61 Å². The molecule has 2 amide bonds. The zero-order chi connectivity index (χ0) is 25.2. The van der Waals surface area contributed by atoms with Crippen molar-refractivity contribution >= 4 is 18.0 Å². The third kappa shape index (κ3) is 5.16. The van der Waals surface area contributed by atoms with Gasteiger partial charge in [-0.2, -0.15) is 13.2 Å². The summed E-state index contributed by atoms with van der Waals surface area (Å²) in [5.41, 5.74) is 4.32. The maximum Gasteiger partial charge on any atom is 0.407 e. The molecule has 7 nitrogen and oxygen atoms in total. The van der Waals surface area contributed by atoms with Gasteiger partial charge in [-0.25, -0.2) is 4.79 Å². The van der Waals surface area contributed by atoms with Crippen molar-refractivity contribution in [2.75, 3.05) is 26.2 Å². The number of carboxylic acids is 1. The van der Waals surface area contributed by atoms with E-state index in [4.69, 9.17) is 9.84 Å². The fraction of sp³-hybridized carbons (Fsp3) is 0.320. The lowest BCUT2D eigenvalue weighted by atomic mass is 9.96. The fourth-order valence-electron chi connectivity index (χ4n) is 4.62. The van der Waals surface area contributed by atoms with E-state index in [-0.39, 0.29) is 19.1 Å². The van der Waals surface area contributed by atoms with Crippen molar-refractivity contribution in [3.63, 3.8) is 0 Å². The predicted octanol–water partition coefficient (Wildman–Crippen LogP) is 3.80. The molecule has 0 spiro atoms. The molecule has 4 rings (SSSR count). The van der Waals surface area contributed by atoms with E-state index in [1.54, 1.807) is 0 Å². The molecular formula is C25H23F3N2O5. The van der Waals surface area contributed by atoms with Crippen LogP contribution in [0, 0.1) is 11.8 Å². The molecule has 2 atom stereocenters. The molecule has 1 fully saturated rings. The van der Waals surface area contributed by atoms with Gasteiger partial charge in [0.15, 0.2) is 0 Å². The highest BCUT2D eigenvalue weighted by molar-refractivity contribution is 5.88. The molecule has 0 radical (unpaired) electrons. The molecule has 1 aliphatic heterocycles. The Bertz CT molecular complexity index is 1120. The Morgan fingerprint density at radius 1 is 1.03 bits per heavy atom. The summed E-state index contributed by atoms with van der Waals surface area (Å²) in [6.45, 7) is -1.21. The topological polar surface area (TPSA) is 95.9 Å². The van der Waals surface area contributed by atoms with Gasteiger partial charge in [-0.05, 0) is 22.3 Å². The SMILES string of the molecule is O=C(NC/C=C/C(=O)N1CC(C(=O)O)C(C(F)(F)F)C1)OCC1c2ccccc2-c2ccccc21. The summed E-state index contributed by atoms with van der Waals surface area (Å²) >= 11 is 0. The zero-order valence-corrected chi connectivity index (χ0v) is 18.5. The monoisotopic (exact) mass is 488 g/mol. The minimum Gasteiger partial charge on any atom is -0.481 e. The first kappa shape index (κ1) is 24.3. The Kier molecular flexibility index (Phi) is 6.81. The van der Waals surface area contributed by atoms with Crippen LogP contribution in [0.15, 0.2) is 60.7 Å². The number of rotatable bonds is 6. The number of hydrogen-bond donors (Lipinski definition) is 2. The molecule has 0 aromatic heterocycles. The molecule has 2 aliphatic rings. The number of hydrogen-bond acceptors (Lipinski definition) is 4. The number of aliphatic carboxylic acids is 1. The molecule has 2 aromatic carbocycles. The minimum atomic E-state index is -4.71. The number of carbonyl (C=O) groups is 3. The molecule has 1 saturated heterocycles. The van der Waals surface area contributed by atoms with Crippen LogP contribution in [0.25, 0.3) is 11.1 Å². The molecule has 2 N–H and O–H groups in total. The van der Waals surface area contributed by atoms with Gasteiger partial charge in [0.25, 0.3) is 0 Å². The summed E-state index contributed by atoms with van der Waals surface area (Å²) in [5, 5.41) is 11.5. The van der Waals surface area contributed by atoms with Gasteiger partial charge >= 0.3 is 18.2 Å². The zero-order valence-electron chi connectivity index (χ0n) is 18.5. The average Bonchev–Trinajstić information content (AvgIpc) is 3.41. The molecule has 2 aromatic rings. The van der Waals surface area contributed by atoms with E-state index in [1.165, 1.54) is 6.08 Å². The van der Waals surface area contributed by atoms with Crippen molar-refractivity contribution in [1.82, 2.24) is 10.2 Å². The van der Waals surface area contributed by atoms with Crippen molar-refractivity contribution in [3.05, 3.63) is 71.8 Å². The second-order valence-corrected chi connectivity index (χ2v) is 8.44. The van der Waals surface area contributed by atoms with Crippen LogP contribution in [0.3, 0.4) is 0 Å². The number of fused-ring (bicyclic) bond motifs is 3. The van der Waals surface area contributed by atoms with E-state index in [9.17, 15) is 27.6 Å². The van der Waals surface area contributed by atoms with E-state index in [2.05, 4.69) is 5.32 Å². The van der Waals surface area contributed by atoms with E-state index >= 15 is 0 Å². The maximum atomic E-state index is 13.1. The van der Waals surface area contributed by atoms with Crippen molar-refractivity contribution in [2.45, 2.75) is 12.1 Å². The molecule has 2 unspecified atom stereocenters. The van der Waals surface area contributed by atoms with Gasteiger partial charge in [0, 0.05) is 31.6 Å². The van der Waals surface area contributed by atoms with Gasteiger partial charge in [-0.3, -0.25) is 9.59 Å². The van der Waals surface area contributed by atoms with Crippen LogP contribution in [0.5, 0.6) is 0 Å². The standard InChI is InChI=1S/C25H23F3N2O5/c26-25(27,28)21-13-30(12-19(21)23(32)33)22(31)10-5-11-29-24(34)35-14-20-17-8-3-1-6-15(17)16-7-2-4-9-18(16)20/h1-10,19-21H,11-14H2,(H,29,34)(H,32,33)/b10-5+. The Hall–Kier alpha value is -3.82. The van der Waals surface area contributed by atoms with Gasteiger partial charge in [-0.1, -0.05) is 54.6 Å². The predicted molar refractivity (Wildman–Crippen MR) is 119 cm³/mol. The van der Waals surface area contributed by atoms with Crippen LogP contribution >= 0.6 is 0 Å². The number of carboxylic acid groups (broad SMARTS) is 1. The van der Waals surface area contributed by atoms with Crippen molar-refractivity contribution in [2.24, 2.45) is 11.8 Å². The number of carbonyl (C=O) groups excluding carboxylic acids is 2. The third-order valence-electron chi connectivity index (χ3n) is 6.34. The lowest BCUT2D eigenvalue weighted by molar-refractivity contribution is -0.188. The average molecular weight is 488 g/mol. The van der Waals surface area contributed by atoms with Gasteiger partial charge < -0.3 is 20.1 Å². The van der Waals surface area contributed by atoms with Gasteiger partial charge in [0.2, 0.25) is 5.91 Å². The van der Waals surface area contributed by atoms with Crippen LogP contribution in [0.4, 0.5) is 18.0 Å². The number of halogens is 3. The molecule has 1 aliphatic carbocycles. The fourth-order valence-corrected chi connectivity index (χ4v) is 4.62. The second kappa shape index (κ2) is 9.81. The van der Waals surface area contributed by atoms with E-state index in [0.29, 0.717) is 0 Å². The normalized spacial score (nSPS) is 19.5. The number of amides is 2. The highest BCUT2D eigenvalue weighted by Crippen LogP contribution is 2.44. The number of nitrogens with zero attached hydrogens (tertiary/aromatic N) is 1. The largest absolute Gasteiger partial charge is 0.481 e. The number of likely N-dealkylation sites (tertiary alicyclic amines) is 1. The Morgan fingerprint density at radius 3 is 2.17 bits per heavy atom. The molecule has 0 bridgehead atoms. The molecule has 0 saturated carbocycles. The van der Waals surface area contributed by atoms with Crippen molar-refractivity contribution < 1.29 is 37.4 Å². The van der Waals surface area contributed by atoms with Gasteiger partial charge in [-0.15, -0.1) is 0 Å². The van der Waals surface area contributed by atoms with Crippen molar-refractivity contribution in [3.8, 4) is 11.1 Å². The first-order chi connectivity index (χ1) is 16.7. The lowest BCUT2D eigenvalue weighted by Crippen LogP contribution is -2.34. The van der Waals surface area contributed by atoms with E-state index < -0.39 is 49.1 Å². The third-order valence-corrected chi connectivity index (χ3v) is 6.34. The van der Waals surface area contributed by atoms with Crippen LogP contribution in [0.2, 0.25) is 0 Å². The minimum absolute atomic E-state index is 0.0820. The van der Waals surface area contributed by atoms with E-state index in [1.807, 2.05) is 48.5 Å². The highest BCUT2D eigenvalue weighted by Gasteiger charge is 2.53. The summed E-state index contributed by atoms with van der Waals surface area (Å²) in [5.74, 6) is -6.27. The molecule has 35 heavy (non-hydrogen) atoms. The number of alkyl carbamates (subject to hydrolysis) is 1. The second-order valence-electron chi connectivity index (χ2n) is 8.44. The summed E-state index contributed by atoms with van der Waals surface area (Å²) in [4.78, 5) is 36.3. The molecular weight excluding hydrogens is 465 g/mol. The summed E-state index contributed by atoms with van der Waals surface area (Å²) in [6.07, 6.45) is -3.12. The van der Waals surface area contributed by atoms with Crippen LogP contribution in [-0.4, -0.2) is 60.4 Å². The number of benzene rings is 2. The summed E-state index contributed by atoms with van der Waals surface area (Å²) < 4.78 is 44.6. The molecule has 10 heteroatoms. The summed E-state index contributed by atoms with van der Waals surface area (Å²) in [6, 6.07) is 15.8.